The summed E-state index contributed by atoms with van der Waals surface area (Å²) in [6.07, 6.45) is 5.38. The SMILES string of the molecule is Cc1cccc2nc(C(=O)N(C)CC3(O)CCCC3)cn12. The molecular formula is C16H21N3O2. The molecule has 1 saturated carbocycles. The van der Waals surface area contributed by atoms with E-state index in [9.17, 15) is 9.90 Å². The van der Waals surface area contributed by atoms with Crippen molar-refractivity contribution in [3.63, 3.8) is 0 Å². The molecule has 5 nitrogen and oxygen atoms in total. The first-order valence-corrected chi connectivity index (χ1v) is 7.41. The largest absolute Gasteiger partial charge is 0.388 e. The van der Waals surface area contributed by atoms with Crippen LogP contribution in [0, 0.1) is 6.92 Å². The molecule has 0 bridgehead atoms. The van der Waals surface area contributed by atoms with Crippen molar-refractivity contribution in [1.29, 1.82) is 0 Å². The Kier molecular flexibility index (Phi) is 3.45. The lowest BCUT2D eigenvalue weighted by Gasteiger charge is -2.28. The second-order valence-electron chi connectivity index (χ2n) is 6.11. The van der Waals surface area contributed by atoms with Gasteiger partial charge in [0.1, 0.15) is 11.3 Å². The molecule has 1 N–H and O–H groups in total. The molecule has 1 amide bonds. The van der Waals surface area contributed by atoms with Crippen molar-refractivity contribution in [3.05, 3.63) is 35.8 Å². The number of nitrogens with zero attached hydrogens (tertiary/aromatic N) is 3. The highest BCUT2D eigenvalue weighted by Crippen LogP contribution is 2.30. The van der Waals surface area contributed by atoms with Gasteiger partial charge in [-0.3, -0.25) is 4.79 Å². The van der Waals surface area contributed by atoms with E-state index in [-0.39, 0.29) is 5.91 Å². The van der Waals surface area contributed by atoms with Gasteiger partial charge in [-0.15, -0.1) is 0 Å². The molecule has 0 spiro atoms. The van der Waals surface area contributed by atoms with Gasteiger partial charge in [-0.25, -0.2) is 4.98 Å². The monoisotopic (exact) mass is 287 g/mol. The van der Waals surface area contributed by atoms with Gasteiger partial charge in [0, 0.05) is 25.5 Å². The predicted molar refractivity (Wildman–Crippen MR) is 80.3 cm³/mol. The lowest BCUT2D eigenvalue weighted by Crippen LogP contribution is -2.42. The molecule has 1 fully saturated rings. The number of hydrogen-bond acceptors (Lipinski definition) is 3. The van der Waals surface area contributed by atoms with Gasteiger partial charge in [-0.05, 0) is 31.9 Å². The molecule has 0 aliphatic heterocycles. The van der Waals surface area contributed by atoms with Gasteiger partial charge in [-0.1, -0.05) is 18.9 Å². The third kappa shape index (κ3) is 2.65. The van der Waals surface area contributed by atoms with Crippen LogP contribution in [-0.2, 0) is 0 Å². The maximum atomic E-state index is 12.5. The predicted octanol–water partition coefficient (Wildman–Crippen LogP) is 2.02. The number of aromatic nitrogens is 2. The summed E-state index contributed by atoms with van der Waals surface area (Å²) in [6.45, 7) is 2.35. The maximum absolute atomic E-state index is 12.5. The molecule has 1 aliphatic rings. The van der Waals surface area contributed by atoms with Gasteiger partial charge < -0.3 is 14.4 Å². The van der Waals surface area contributed by atoms with Crippen LogP contribution in [0.1, 0.15) is 41.9 Å². The number of amides is 1. The quantitative estimate of drug-likeness (QED) is 0.939. The first kappa shape index (κ1) is 14.1. The molecule has 2 aromatic rings. The minimum absolute atomic E-state index is 0.140. The standard InChI is InChI=1S/C16H21N3O2/c1-12-6-5-7-14-17-13(10-19(12)14)15(20)18(2)11-16(21)8-3-4-9-16/h5-7,10,21H,3-4,8-9,11H2,1-2H3. The number of likely N-dealkylation sites (N-methyl/N-ethyl adjacent to an activating group) is 1. The normalized spacial score (nSPS) is 17.3. The third-order valence-corrected chi connectivity index (χ3v) is 4.33. The Balaban J connectivity index is 1.81. The number of hydrogen-bond donors (Lipinski definition) is 1. The van der Waals surface area contributed by atoms with E-state index in [2.05, 4.69) is 4.98 Å². The average molecular weight is 287 g/mol. The minimum Gasteiger partial charge on any atom is -0.388 e. The zero-order valence-corrected chi connectivity index (χ0v) is 12.5. The molecule has 0 radical (unpaired) electrons. The Labute approximate surface area is 124 Å². The van der Waals surface area contributed by atoms with Crippen LogP contribution in [0.15, 0.2) is 24.4 Å². The van der Waals surface area contributed by atoms with Crippen molar-refractivity contribution < 1.29 is 9.90 Å². The average Bonchev–Trinajstić information content (AvgIpc) is 3.05. The smallest absolute Gasteiger partial charge is 0.273 e. The minimum atomic E-state index is -0.723. The van der Waals surface area contributed by atoms with Gasteiger partial charge in [0.15, 0.2) is 0 Å². The fourth-order valence-corrected chi connectivity index (χ4v) is 3.15. The molecule has 0 atom stereocenters. The van der Waals surface area contributed by atoms with Crippen molar-refractivity contribution in [2.45, 2.75) is 38.2 Å². The fraction of sp³-hybridized carbons (Fsp3) is 0.500. The number of rotatable bonds is 3. The summed E-state index contributed by atoms with van der Waals surface area (Å²) in [7, 11) is 1.73. The van der Waals surface area contributed by atoms with E-state index < -0.39 is 5.60 Å². The number of pyridine rings is 1. The van der Waals surface area contributed by atoms with Crippen molar-refractivity contribution in [3.8, 4) is 0 Å². The summed E-state index contributed by atoms with van der Waals surface area (Å²) in [4.78, 5) is 18.5. The van der Waals surface area contributed by atoms with Crippen molar-refractivity contribution in [2.24, 2.45) is 0 Å². The second kappa shape index (κ2) is 5.15. The van der Waals surface area contributed by atoms with Crippen LogP contribution in [0.4, 0.5) is 0 Å². The van der Waals surface area contributed by atoms with Crippen LogP contribution in [0.3, 0.4) is 0 Å². The van der Waals surface area contributed by atoms with Gasteiger partial charge in [0.2, 0.25) is 0 Å². The third-order valence-electron chi connectivity index (χ3n) is 4.33. The van der Waals surface area contributed by atoms with Gasteiger partial charge in [0.25, 0.3) is 5.91 Å². The Morgan fingerprint density at radius 1 is 1.43 bits per heavy atom. The molecule has 3 rings (SSSR count). The fourth-order valence-electron chi connectivity index (χ4n) is 3.15. The van der Waals surface area contributed by atoms with Crippen molar-refractivity contribution in [2.75, 3.05) is 13.6 Å². The molecule has 2 aromatic heterocycles. The summed E-state index contributed by atoms with van der Waals surface area (Å²) in [5, 5.41) is 10.4. The van der Waals surface area contributed by atoms with Crippen molar-refractivity contribution >= 4 is 11.6 Å². The Morgan fingerprint density at radius 2 is 2.14 bits per heavy atom. The number of imidazole rings is 1. The first-order valence-electron chi connectivity index (χ1n) is 7.41. The molecule has 112 valence electrons. The molecule has 0 saturated heterocycles. The summed E-state index contributed by atoms with van der Waals surface area (Å²) in [5.41, 5.74) is 1.51. The number of aliphatic hydroxyl groups is 1. The highest BCUT2D eigenvalue weighted by atomic mass is 16.3. The van der Waals surface area contributed by atoms with Crippen molar-refractivity contribution in [1.82, 2.24) is 14.3 Å². The van der Waals surface area contributed by atoms with Crippen LogP contribution in [-0.4, -0.2) is 44.5 Å². The first-order chi connectivity index (χ1) is 9.98. The summed E-state index contributed by atoms with van der Waals surface area (Å²) in [5.74, 6) is -0.140. The Bertz CT molecular complexity index is 671. The van der Waals surface area contributed by atoms with Gasteiger partial charge >= 0.3 is 0 Å². The van der Waals surface area contributed by atoms with E-state index in [0.717, 1.165) is 37.0 Å². The lowest BCUT2D eigenvalue weighted by atomic mass is 10.0. The Hall–Kier alpha value is -1.88. The van der Waals surface area contributed by atoms with E-state index in [1.165, 1.54) is 0 Å². The molecule has 0 unspecified atom stereocenters. The summed E-state index contributed by atoms with van der Waals surface area (Å²) in [6, 6.07) is 5.79. The van der Waals surface area contributed by atoms with E-state index in [1.807, 2.05) is 29.5 Å². The molecule has 0 aromatic carbocycles. The number of fused-ring (bicyclic) bond motifs is 1. The summed E-state index contributed by atoms with van der Waals surface area (Å²) >= 11 is 0. The molecular weight excluding hydrogens is 266 g/mol. The molecule has 1 aliphatic carbocycles. The van der Waals surface area contributed by atoms with Crippen LogP contribution in [0.5, 0.6) is 0 Å². The molecule has 5 heteroatoms. The number of carbonyl (C=O) groups excluding carboxylic acids is 1. The Morgan fingerprint density at radius 3 is 2.81 bits per heavy atom. The number of carbonyl (C=O) groups is 1. The van der Waals surface area contributed by atoms with E-state index in [0.29, 0.717) is 12.2 Å². The molecule has 2 heterocycles. The lowest BCUT2D eigenvalue weighted by molar-refractivity contribution is 0.0155. The number of aryl methyl sites for hydroxylation is 1. The highest BCUT2D eigenvalue weighted by molar-refractivity contribution is 5.92. The van der Waals surface area contributed by atoms with Crippen LogP contribution < -0.4 is 0 Å². The highest BCUT2D eigenvalue weighted by Gasteiger charge is 2.34. The van der Waals surface area contributed by atoms with Gasteiger partial charge in [-0.2, -0.15) is 0 Å². The van der Waals surface area contributed by atoms with Crippen LogP contribution in [0.25, 0.3) is 5.65 Å². The van der Waals surface area contributed by atoms with E-state index >= 15 is 0 Å². The molecule has 21 heavy (non-hydrogen) atoms. The summed E-state index contributed by atoms with van der Waals surface area (Å²) < 4.78 is 1.91. The van der Waals surface area contributed by atoms with Crippen LogP contribution in [0.2, 0.25) is 0 Å². The maximum Gasteiger partial charge on any atom is 0.273 e. The zero-order chi connectivity index (χ0) is 15.0. The van der Waals surface area contributed by atoms with E-state index in [1.54, 1.807) is 18.1 Å². The second-order valence-corrected chi connectivity index (χ2v) is 6.11. The topological polar surface area (TPSA) is 57.8 Å². The van der Waals surface area contributed by atoms with E-state index in [4.69, 9.17) is 0 Å². The zero-order valence-electron chi connectivity index (χ0n) is 12.5. The van der Waals surface area contributed by atoms with Gasteiger partial charge in [0.05, 0.1) is 5.60 Å². The van der Waals surface area contributed by atoms with Crippen LogP contribution >= 0.6 is 0 Å².